The topological polar surface area (TPSA) is 49.2 Å². The molecule has 1 aromatic rings. The maximum absolute atomic E-state index is 9.19. The Balaban J connectivity index is 2.88. The number of aliphatic hydroxyl groups is 1. The third-order valence-electron chi connectivity index (χ3n) is 1.65. The number of aromatic nitrogens is 2. The minimum Gasteiger partial charge on any atom is -0.392 e. The second-order valence-electron chi connectivity index (χ2n) is 3.07. The third-order valence-corrected chi connectivity index (χ3v) is 2.10. The number of aliphatic hydroxyl groups excluding tert-OH is 1. The number of hydrogen-bond acceptors (Lipinski definition) is 4. The Hall–Kier alpha value is -0.580. The van der Waals surface area contributed by atoms with Gasteiger partial charge in [-0.3, -0.25) is 0 Å². The maximum atomic E-state index is 9.19. The van der Waals surface area contributed by atoms with Crippen LogP contribution in [0.25, 0.3) is 0 Å². The van der Waals surface area contributed by atoms with Gasteiger partial charge in [-0.05, 0) is 6.92 Å². The molecule has 14 heavy (non-hydrogen) atoms. The maximum Gasteiger partial charge on any atom is 0.175 e. The Bertz CT molecular complexity index is 319. The van der Waals surface area contributed by atoms with Crippen molar-refractivity contribution < 1.29 is 5.11 Å². The number of likely N-dealkylation sites (N-methyl/N-ethyl adjacent to an activating group) is 1. The lowest BCUT2D eigenvalue weighted by Gasteiger charge is -2.21. The molecule has 1 heterocycles. The van der Waals surface area contributed by atoms with E-state index in [0.29, 0.717) is 12.2 Å². The summed E-state index contributed by atoms with van der Waals surface area (Å²) in [5, 5.41) is 17.0. The Labute approximate surface area is 92.5 Å². The molecule has 0 amide bonds. The van der Waals surface area contributed by atoms with Crippen LogP contribution in [-0.4, -0.2) is 35.0 Å². The molecule has 0 saturated heterocycles. The van der Waals surface area contributed by atoms with Crippen molar-refractivity contribution >= 4 is 28.9 Å². The van der Waals surface area contributed by atoms with E-state index in [-0.39, 0.29) is 10.3 Å². The van der Waals surface area contributed by atoms with Crippen LogP contribution in [0.5, 0.6) is 0 Å². The molecular weight excluding hydrogens is 225 g/mol. The summed E-state index contributed by atoms with van der Waals surface area (Å²) < 4.78 is 0. The quantitative estimate of drug-likeness (QED) is 0.865. The van der Waals surface area contributed by atoms with Gasteiger partial charge in [-0.15, -0.1) is 10.2 Å². The first-order valence-corrected chi connectivity index (χ1v) is 4.84. The van der Waals surface area contributed by atoms with Crippen LogP contribution >= 0.6 is 23.2 Å². The van der Waals surface area contributed by atoms with Crippen molar-refractivity contribution in [3.05, 3.63) is 16.4 Å². The van der Waals surface area contributed by atoms with Crippen molar-refractivity contribution in [2.75, 3.05) is 18.5 Å². The van der Waals surface area contributed by atoms with Crippen molar-refractivity contribution in [2.45, 2.75) is 13.0 Å². The van der Waals surface area contributed by atoms with Gasteiger partial charge in [-0.1, -0.05) is 23.2 Å². The zero-order chi connectivity index (χ0) is 10.7. The summed E-state index contributed by atoms with van der Waals surface area (Å²) >= 11 is 11.5. The van der Waals surface area contributed by atoms with E-state index in [0.717, 1.165) is 0 Å². The van der Waals surface area contributed by atoms with Crippen LogP contribution in [0.2, 0.25) is 10.3 Å². The Morgan fingerprint density at radius 2 is 2.14 bits per heavy atom. The van der Waals surface area contributed by atoms with Gasteiger partial charge in [-0.2, -0.15) is 0 Å². The van der Waals surface area contributed by atoms with Gasteiger partial charge in [0.15, 0.2) is 10.3 Å². The van der Waals surface area contributed by atoms with E-state index in [9.17, 15) is 5.11 Å². The normalized spacial score (nSPS) is 12.6. The zero-order valence-corrected chi connectivity index (χ0v) is 9.42. The molecule has 0 bridgehead atoms. The molecule has 4 nitrogen and oxygen atoms in total. The summed E-state index contributed by atoms with van der Waals surface area (Å²) in [6.07, 6.45) is -0.442. The van der Waals surface area contributed by atoms with Crippen molar-refractivity contribution in [3.8, 4) is 0 Å². The van der Waals surface area contributed by atoms with Gasteiger partial charge in [0, 0.05) is 19.7 Å². The summed E-state index contributed by atoms with van der Waals surface area (Å²) in [6.45, 7) is 2.16. The van der Waals surface area contributed by atoms with E-state index >= 15 is 0 Å². The number of halogens is 2. The summed E-state index contributed by atoms with van der Waals surface area (Å²) in [5.74, 6) is 0. The fourth-order valence-electron chi connectivity index (χ4n) is 1.11. The summed E-state index contributed by atoms with van der Waals surface area (Å²) in [7, 11) is 1.80. The minimum atomic E-state index is -0.442. The number of nitrogens with zero attached hydrogens (tertiary/aromatic N) is 3. The van der Waals surface area contributed by atoms with Crippen LogP contribution in [0.4, 0.5) is 5.69 Å². The molecule has 0 aliphatic heterocycles. The molecule has 0 spiro atoms. The average molecular weight is 236 g/mol. The SMILES string of the molecule is CC(O)CN(C)c1cc(Cl)nnc1Cl. The van der Waals surface area contributed by atoms with E-state index in [2.05, 4.69) is 10.2 Å². The van der Waals surface area contributed by atoms with Crippen molar-refractivity contribution in [1.29, 1.82) is 0 Å². The molecule has 1 aromatic heterocycles. The average Bonchev–Trinajstić information content (AvgIpc) is 2.08. The lowest BCUT2D eigenvalue weighted by Crippen LogP contribution is -2.27. The lowest BCUT2D eigenvalue weighted by atomic mass is 10.3. The molecule has 0 aliphatic carbocycles. The fourth-order valence-corrected chi connectivity index (χ4v) is 1.48. The van der Waals surface area contributed by atoms with E-state index in [1.165, 1.54) is 0 Å². The van der Waals surface area contributed by atoms with Crippen molar-refractivity contribution in [1.82, 2.24) is 10.2 Å². The summed E-state index contributed by atoms with van der Waals surface area (Å²) in [6, 6.07) is 1.61. The fraction of sp³-hybridized carbons (Fsp3) is 0.500. The molecule has 0 fully saturated rings. The van der Waals surface area contributed by atoms with E-state index in [1.807, 2.05) is 0 Å². The van der Waals surface area contributed by atoms with Crippen molar-refractivity contribution in [3.63, 3.8) is 0 Å². The Morgan fingerprint density at radius 1 is 1.50 bits per heavy atom. The highest BCUT2D eigenvalue weighted by molar-refractivity contribution is 6.33. The number of anilines is 1. The molecule has 1 atom stereocenters. The molecule has 0 saturated carbocycles. The number of rotatable bonds is 3. The lowest BCUT2D eigenvalue weighted by molar-refractivity contribution is 0.201. The summed E-state index contributed by atoms with van der Waals surface area (Å²) in [4.78, 5) is 1.77. The monoisotopic (exact) mass is 235 g/mol. The van der Waals surface area contributed by atoms with Gasteiger partial charge < -0.3 is 10.0 Å². The van der Waals surface area contributed by atoms with Crippen LogP contribution in [0.3, 0.4) is 0 Å². The van der Waals surface area contributed by atoms with Gasteiger partial charge in [0.2, 0.25) is 0 Å². The zero-order valence-electron chi connectivity index (χ0n) is 7.91. The molecule has 1 N–H and O–H groups in total. The van der Waals surface area contributed by atoms with Crippen LogP contribution in [0.15, 0.2) is 6.07 Å². The molecule has 0 radical (unpaired) electrons. The first kappa shape index (κ1) is 11.5. The standard InChI is InChI=1S/C8H11Cl2N3O/c1-5(14)4-13(2)6-3-7(9)11-12-8(6)10/h3,5,14H,4H2,1-2H3. The molecule has 0 aliphatic rings. The second kappa shape index (κ2) is 4.77. The second-order valence-corrected chi connectivity index (χ2v) is 3.82. The van der Waals surface area contributed by atoms with Crippen LogP contribution in [0, 0.1) is 0 Å². The molecule has 78 valence electrons. The van der Waals surface area contributed by atoms with Gasteiger partial charge in [-0.25, -0.2) is 0 Å². The minimum absolute atomic E-state index is 0.276. The third kappa shape index (κ3) is 2.97. The highest BCUT2D eigenvalue weighted by atomic mass is 35.5. The molecule has 6 heteroatoms. The van der Waals surface area contributed by atoms with E-state index in [4.69, 9.17) is 23.2 Å². The number of hydrogen-bond donors (Lipinski definition) is 1. The van der Waals surface area contributed by atoms with Crippen LogP contribution < -0.4 is 4.90 Å². The van der Waals surface area contributed by atoms with E-state index in [1.54, 1.807) is 24.9 Å². The van der Waals surface area contributed by atoms with Gasteiger partial charge in [0.1, 0.15) is 0 Å². The van der Waals surface area contributed by atoms with E-state index < -0.39 is 6.10 Å². The largest absolute Gasteiger partial charge is 0.392 e. The first-order chi connectivity index (χ1) is 6.50. The van der Waals surface area contributed by atoms with Crippen molar-refractivity contribution in [2.24, 2.45) is 0 Å². The smallest absolute Gasteiger partial charge is 0.175 e. The first-order valence-electron chi connectivity index (χ1n) is 4.08. The molecular formula is C8H11Cl2N3O. The van der Waals surface area contributed by atoms with Gasteiger partial charge in [0.25, 0.3) is 0 Å². The molecule has 1 unspecified atom stereocenters. The Kier molecular flexibility index (Phi) is 3.92. The van der Waals surface area contributed by atoms with Crippen LogP contribution in [-0.2, 0) is 0 Å². The van der Waals surface area contributed by atoms with Gasteiger partial charge >= 0.3 is 0 Å². The highest BCUT2D eigenvalue weighted by Gasteiger charge is 2.10. The predicted octanol–water partition coefficient (Wildman–Crippen LogP) is 1.60. The van der Waals surface area contributed by atoms with Gasteiger partial charge in [0.05, 0.1) is 11.8 Å². The highest BCUT2D eigenvalue weighted by Crippen LogP contribution is 2.24. The molecule has 0 aromatic carbocycles. The Morgan fingerprint density at radius 3 is 2.71 bits per heavy atom. The molecule has 1 rings (SSSR count). The predicted molar refractivity (Wildman–Crippen MR) is 57.0 cm³/mol. The van der Waals surface area contributed by atoms with Crippen LogP contribution in [0.1, 0.15) is 6.92 Å². The summed E-state index contributed by atoms with van der Waals surface area (Å²) in [5.41, 5.74) is 0.660.